The van der Waals surface area contributed by atoms with Gasteiger partial charge in [-0.15, -0.1) is 0 Å². The van der Waals surface area contributed by atoms with Crippen molar-refractivity contribution in [3.8, 4) is 11.5 Å². The van der Waals surface area contributed by atoms with Crippen LogP contribution in [0, 0.1) is 10.1 Å². The molecule has 0 bridgehead atoms. The average molecular weight is 421 g/mol. The highest BCUT2D eigenvalue weighted by atomic mass is 79.9. The summed E-state index contributed by atoms with van der Waals surface area (Å²) in [6, 6.07) is 9.72. The zero-order valence-corrected chi connectivity index (χ0v) is 15.6. The van der Waals surface area contributed by atoms with Crippen LogP contribution in [0.4, 0.5) is 5.69 Å². The number of non-ortho nitro benzene ring substituents is 1. The maximum Gasteiger partial charge on any atom is 0.269 e. The first kappa shape index (κ1) is 19.5. The van der Waals surface area contributed by atoms with E-state index in [0.717, 1.165) is 10.0 Å². The maximum atomic E-state index is 10.8. The molecular weight excluding hydrogens is 404 g/mol. The van der Waals surface area contributed by atoms with E-state index in [9.17, 15) is 10.1 Å². The van der Waals surface area contributed by atoms with Crippen LogP contribution in [0.25, 0.3) is 0 Å². The zero-order chi connectivity index (χ0) is 18.9. The van der Waals surface area contributed by atoms with Crippen LogP contribution in [0.5, 0.6) is 11.5 Å². The van der Waals surface area contributed by atoms with Crippen LogP contribution in [0.1, 0.15) is 11.1 Å². The highest BCUT2D eigenvalue weighted by Gasteiger charge is 2.09. The minimum atomic E-state index is -0.452. The van der Waals surface area contributed by atoms with Crippen molar-refractivity contribution in [1.82, 2.24) is 0 Å². The molecule has 0 aliphatic heterocycles. The third kappa shape index (κ3) is 5.32. The van der Waals surface area contributed by atoms with Gasteiger partial charge in [0.1, 0.15) is 13.2 Å². The first-order chi connectivity index (χ1) is 12.5. The lowest BCUT2D eigenvalue weighted by Gasteiger charge is -2.11. The van der Waals surface area contributed by atoms with Crippen LogP contribution in [-0.4, -0.2) is 24.9 Å². The number of hydrogen-bond donors (Lipinski definition) is 0. The highest BCUT2D eigenvalue weighted by molar-refractivity contribution is 9.10. The molecule has 0 fully saturated rings. The molecule has 0 aliphatic carbocycles. The molecule has 26 heavy (non-hydrogen) atoms. The molecule has 8 heteroatoms. The summed E-state index contributed by atoms with van der Waals surface area (Å²) in [5.41, 5.74) is 1.39. The quantitative estimate of drug-likeness (QED) is 0.258. The van der Waals surface area contributed by atoms with Crippen molar-refractivity contribution in [2.24, 2.45) is 5.16 Å². The third-order valence-corrected chi connectivity index (χ3v) is 3.95. The molecule has 0 unspecified atom stereocenters. The molecule has 2 aromatic rings. The van der Waals surface area contributed by atoms with Crippen LogP contribution in [0.2, 0.25) is 0 Å². The van der Waals surface area contributed by atoms with Crippen molar-refractivity contribution < 1.29 is 19.2 Å². The normalized spacial score (nSPS) is 10.5. The molecule has 0 spiro atoms. The Hall–Kier alpha value is -2.87. The third-order valence-electron chi connectivity index (χ3n) is 3.26. The molecule has 0 atom stereocenters. The van der Waals surface area contributed by atoms with Gasteiger partial charge in [0, 0.05) is 22.2 Å². The van der Waals surface area contributed by atoms with E-state index in [2.05, 4.69) is 27.7 Å². The van der Waals surface area contributed by atoms with E-state index >= 15 is 0 Å². The largest absolute Gasteiger partial charge is 0.493 e. The Kier molecular flexibility index (Phi) is 7.16. The van der Waals surface area contributed by atoms with E-state index in [1.807, 2.05) is 0 Å². The van der Waals surface area contributed by atoms with E-state index in [0.29, 0.717) is 23.7 Å². The topological polar surface area (TPSA) is 83.2 Å². The number of methoxy groups -OCH3 is 1. The van der Waals surface area contributed by atoms with Crippen molar-refractivity contribution in [2.75, 3.05) is 13.7 Å². The molecule has 2 aromatic carbocycles. The summed E-state index contributed by atoms with van der Waals surface area (Å²) < 4.78 is 11.6. The van der Waals surface area contributed by atoms with Crippen molar-refractivity contribution in [2.45, 2.75) is 6.61 Å². The fourth-order valence-corrected chi connectivity index (χ4v) is 2.46. The first-order valence-corrected chi connectivity index (χ1v) is 8.34. The molecule has 136 valence electrons. The van der Waals surface area contributed by atoms with Gasteiger partial charge in [0.15, 0.2) is 11.5 Å². The summed E-state index contributed by atoms with van der Waals surface area (Å²) in [5.74, 6) is 1.13. The number of hydrogen-bond acceptors (Lipinski definition) is 6. The molecule has 0 heterocycles. The Balaban J connectivity index is 2.04. The Labute approximate surface area is 159 Å². The van der Waals surface area contributed by atoms with E-state index < -0.39 is 4.92 Å². The van der Waals surface area contributed by atoms with Gasteiger partial charge in [-0.2, -0.15) is 0 Å². The van der Waals surface area contributed by atoms with Crippen molar-refractivity contribution >= 4 is 27.8 Å². The predicted molar refractivity (Wildman–Crippen MR) is 102 cm³/mol. The Morgan fingerprint density at radius 2 is 2.12 bits per heavy atom. The molecule has 0 saturated carbocycles. The van der Waals surface area contributed by atoms with Gasteiger partial charge in [-0.05, 0) is 33.6 Å². The molecule has 0 aliphatic rings. The van der Waals surface area contributed by atoms with Gasteiger partial charge in [-0.1, -0.05) is 29.9 Å². The van der Waals surface area contributed by atoms with Gasteiger partial charge in [0.25, 0.3) is 5.69 Å². The second-order valence-electron chi connectivity index (χ2n) is 5.06. The van der Waals surface area contributed by atoms with Crippen molar-refractivity contribution in [3.05, 3.63) is 74.8 Å². The molecule has 0 radical (unpaired) electrons. The second-order valence-corrected chi connectivity index (χ2v) is 5.91. The molecule has 0 amide bonds. The van der Waals surface area contributed by atoms with Gasteiger partial charge in [-0.3, -0.25) is 10.1 Å². The number of benzene rings is 2. The Morgan fingerprint density at radius 1 is 1.31 bits per heavy atom. The number of nitrogens with zero attached hydrogens (tertiary/aromatic N) is 2. The monoisotopic (exact) mass is 420 g/mol. The zero-order valence-electron chi connectivity index (χ0n) is 14.1. The number of ether oxygens (including phenoxy) is 2. The molecule has 7 nitrogen and oxygen atoms in total. The summed E-state index contributed by atoms with van der Waals surface area (Å²) in [6.07, 6.45) is 3.16. The number of rotatable bonds is 9. The average Bonchev–Trinajstić information content (AvgIpc) is 2.64. The van der Waals surface area contributed by atoms with Gasteiger partial charge < -0.3 is 14.3 Å². The summed E-state index contributed by atoms with van der Waals surface area (Å²) >= 11 is 3.44. The minimum absolute atomic E-state index is 0.0117. The van der Waals surface area contributed by atoms with E-state index in [4.69, 9.17) is 14.3 Å². The molecular formula is C18H17BrN2O5. The predicted octanol–water partition coefficient (Wildman–Crippen LogP) is 4.48. The summed E-state index contributed by atoms with van der Waals surface area (Å²) in [6.45, 7) is 4.09. The summed E-state index contributed by atoms with van der Waals surface area (Å²) in [5, 5.41) is 14.7. The molecule has 0 N–H and O–H groups in total. The van der Waals surface area contributed by atoms with Crippen LogP contribution in [0.15, 0.2) is 58.7 Å². The number of halogens is 1. The number of oxime groups is 1. The second kappa shape index (κ2) is 9.57. The van der Waals surface area contributed by atoms with Gasteiger partial charge in [0.2, 0.25) is 0 Å². The molecule has 0 aromatic heterocycles. The Bertz CT molecular complexity index is 823. The van der Waals surface area contributed by atoms with Gasteiger partial charge in [0.05, 0.1) is 18.2 Å². The molecule has 0 saturated heterocycles. The summed E-state index contributed by atoms with van der Waals surface area (Å²) in [7, 11) is 1.55. The lowest BCUT2D eigenvalue weighted by molar-refractivity contribution is -0.384. The van der Waals surface area contributed by atoms with Crippen LogP contribution in [0.3, 0.4) is 0 Å². The smallest absolute Gasteiger partial charge is 0.269 e. The highest BCUT2D eigenvalue weighted by Crippen LogP contribution is 2.33. The van der Waals surface area contributed by atoms with E-state index in [1.165, 1.54) is 18.3 Å². The number of nitro groups is 1. The van der Waals surface area contributed by atoms with E-state index in [1.54, 1.807) is 37.5 Å². The fraction of sp³-hybridized carbons (Fsp3) is 0.167. The van der Waals surface area contributed by atoms with Crippen LogP contribution in [-0.2, 0) is 11.4 Å². The standard InChI is InChI=1S/C18H17BrN2O5/c1-3-7-25-18-10-16(19)14(9-17(18)24-2)11-20-26-12-13-5-4-6-15(8-13)21(22)23/h3-6,8-11H,1,7,12H2,2H3/b20-11-. The lowest BCUT2D eigenvalue weighted by Crippen LogP contribution is -1.98. The Morgan fingerprint density at radius 3 is 2.81 bits per heavy atom. The van der Waals surface area contributed by atoms with E-state index in [-0.39, 0.29) is 12.3 Å². The summed E-state index contributed by atoms with van der Waals surface area (Å²) in [4.78, 5) is 15.5. The first-order valence-electron chi connectivity index (χ1n) is 7.55. The fourth-order valence-electron chi connectivity index (χ4n) is 2.04. The van der Waals surface area contributed by atoms with Crippen molar-refractivity contribution in [3.63, 3.8) is 0 Å². The van der Waals surface area contributed by atoms with Crippen molar-refractivity contribution in [1.29, 1.82) is 0 Å². The van der Waals surface area contributed by atoms with Crippen LogP contribution >= 0.6 is 15.9 Å². The maximum absolute atomic E-state index is 10.8. The van der Waals surface area contributed by atoms with Crippen LogP contribution < -0.4 is 9.47 Å². The molecule has 2 rings (SSSR count). The lowest BCUT2D eigenvalue weighted by atomic mass is 10.2. The number of nitro benzene ring substituents is 1. The van der Waals surface area contributed by atoms with Gasteiger partial charge >= 0.3 is 0 Å². The SMILES string of the molecule is C=CCOc1cc(Br)c(/C=N\OCc2cccc([N+](=O)[O-])c2)cc1OC. The van der Waals surface area contributed by atoms with Gasteiger partial charge in [-0.25, -0.2) is 0 Å². The minimum Gasteiger partial charge on any atom is -0.493 e.